The van der Waals surface area contributed by atoms with Crippen LogP contribution in [0.4, 0.5) is 0 Å². The third kappa shape index (κ3) is 6.00. The van der Waals surface area contributed by atoms with Crippen molar-refractivity contribution in [2.24, 2.45) is 0 Å². The van der Waals surface area contributed by atoms with E-state index in [0.29, 0.717) is 17.5 Å². The van der Waals surface area contributed by atoms with E-state index in [9.17, 15) is 0 Å². The van der Waals surface area contributed by atoms with Gasteiger partial charge in [-0.2, -0.15) is 0 Å². The van der Waals surface area contributed by atoms with Crippen molar-refractivity contribution >= 4 is 21.7 Å². The van der Waals surface area contributed by atoms with Crippen LogP contribution < -0.4 is 0 Å². The molecule has 1 aliphatic rings. The summed E-state index contributed by atoms with van der Waals surface area (Å²) in [6.45, 7) is 4.66. The smallest absolute Gasteiger partial charge is 0.164 e. The number of nitrogens with zero attached hydrogens (tertiary/aromatic N) is 4. The van der Waals surface area contributed by atoms with Gasteiger partial charge >= 0.3 is 0 Å². The second-order valence-corrected chi connectivity index (χ2v) is 15.9. The van der Waals surface area contributed by atoms with Crippen LogP contribution in [0.25, 0.3) is 100 Å². The maximum absolute atomic E-state index is 5.38. The molecule has 2 aromatic heterocycles. The van der Waals surface area contributed by atoms with Gasteiger partial charge in [0.2, 0.25) is 0 Å². The molecule has 278 valence electrons. The fraction of sp³-hybridized carbons (Fsp3) is 0.0545. The lowest BCUT2D eigenvalue weighted by Gasteiger charge is -2.22. The fourth-order valence-electron chi connectivity index (χ4n) is 8.88. The molecule has 0 saturated heterocycles. The van der Waals surface area contributed by atoms with Gasteiger partial charge in [-0.05, 0) is 91.7 Å². The van der Waals surface area contributed by atoms with Crippen molar-refractivity contribution < 1.29 is 0 Å². The second-order valence-electron chi connectivity index (χ2n) is 15.9. The summed E-state index contributed by atoms with van der Waals surface area (Å²) in [5.41, 5.74) is 15.5. The Morgan fingerprint density at radius 2 is 0.881 bits per heavy atom. The lowest BCUT2D eigenvalue weighted by atomic mass is 9.82. The van der Waals surface area contributed by atoms with Gasteiger partial charge in [-0.3, -0.25) is 0 Å². The molecule has 0 fully saturated rings. The Morgan fingerprint density at radius 3 is 1.59 bits per heavy atom. The van der Waals surface area contributed by atoms with E-state index in [4.69, 9.17) is 19.9 Å². The van der Waals surface area contributed by atoms with E-state index in [2.05, 4.69) is 147 Å². The molecular weight excluding hydrogens is 717 g/mol. The highest BCUT2D eigenvalue weighted by Gasteiger charge is 2.36. The molecule has 4 nitrogen and oxygen atoms in total. The highest BCUT2D eigenvalue weighted by Crippen LogP contribution is 2.51. The van der Waals surface area contributed by atoms with Crippen LogP contribution in [-0.2, 0) is 5.41 Å². The maximum Gasteiger partial charge on any atom is 0.164 e. The Hall–Kier alpha value is -7.56. The third-order valence-electron chi connectivity index (χ3n) is 11.9. The van der Waals surface area contributed by atoms with Gasteiger partial charge in [0.25, 0.3) is 0 Å². The Kier molecular flexibility index (Phi) is 8.12. The number of fused-ring (bicyclic) bond motifs is 5. The maximum atomic E-state index is 5.38. The zero-order valence-electron chi connectivity index (χ0n) is 32.8. The first-order valence-corrected chi connectivity index (χ1v) is 20.1. The number of rotatable bonds is 6. The van der Waals surface area contributed by atoms with Gasteiger partial charge < -0.3 is 0 Å². The largest absolute Gasteiger partial charge is 0.248 e. The molecule has 59 heavy (non-hydrogen) atoms. The van der Waals surface area contributed by atoms with Crippen LogP contribution in [-0.4, -0.2) is 19.9 Å². The number of hydrogen-bond donors (Lipinski definition) is 0. The van der Waals surface area contributed by atoms with Gasteiger partial charge in [0, 0.05) is 33.1 Å². The molecule has 0 aliphatic heterocycles. The van der Waals surface area contributed by atoms with E-state index < -0.39 is 0 Å². The number of benzene rings is 8. The van der Waals surface area contributed by atoms with E-state index >= 15 is 0 Å². The molecule has 2 heterocycles. The van der Waals surface area contributed by atoms with Crippen molar-refractivity contribution in [1.82, 2.24) is 19.9 Å². The zero-order valence-corrected chi connectivity index (χ0v) is 32.8. The molecular formula is C55H38N4. The summed E-state index contributed by atoms with van der Waals surface area (Å²) in [4.78, 5) is 20.4. The first kappa shape index (κ1) is 34.7. The van der Waals surface area contributed by atoms with Crippen LogP contribution in [0, 0.1) is 0 Å². The van der Waals surface area contributed by atoms with Crippen LogP contribution in [0.15, 0.2) is 194 Å². The molecule has 1 aliphatic carbocycles. The van der Waals surface area contributed by atoms with Crippen molar-refractivity contribution in [2.75, 3.05) is 0 Å². The molecule has 0 amide bonds. The Labute approximate surface area is 343 Å². The SMILES string of the molecule is CC1(C)c2ccccc2-c2cc3c(-c4cc(-c5cccc(-c6nc(-c7ccccc7)nc(-c7ccccc7)n6)c5)cc5ccccc45)cc(-c4ccccc4)nc3cc21. The van der Waals surface area contributed by atoms with Gasteiger partial charge in [0.15, 0.2) is 17.5 Å². The molecule has 0 bridgehead atoms. The summed E-state index contributed by atoms with van der Waals surface area (Å²) in [5, 5.41) is 3.50. The van der Waals surface area contributed by atoms with Crippen molar-refractivity contribution in [3.63, 3.8) is 0 Å². The molecule has 10 aromatic rings. The summed E-state index contributed by atoms with van der Waals surface area (Å²) in [5.74, 6) is 1.92. The minimum Gasteiger partial charge on any atom is -0.248 e. The van der Waals surface area contributed by atoms with Crippen LogP contribution in [0.3, 0.4) is 0 Å². The minimum atomic E-state index is -0.134. The predicted molar refractivity (Wildman–Crippen MR) is 243 cm³/mol. The zero-order chi connectivity index (χ0) is 39.5. The van der Waals surface area contributed by atoms with Gasteiger partial charge in [-0.25, -0.2) is 19.9 Å². The summed E-state index contributed by atoms with van der Waals surface area (Å²) < 4.78 is 0. The van der Waals surface area contributed by atoms with Crippen molar-refractivity contribution in [3.8, 4) is 78.8 Å². The van der Waals surface area contributed by atoms with Crippen LogP contribution in [0.2, 0.25) is 0 Å². The van der Waals surface area contributed by atoms with Crippen molar-refractivity contribution in [1.29, 1.82) is 0 Å². The summed E-state index contributed by atoms with van der Waals surface area (Å²) in [7, 11) is 0. The van der Waals surface area contributed by atoms with Crippen molar-refractivity contribution in [2.45, 2.75) is 19.3 Å². The first-order valence-electron chi connectivity index (χ1n) is 20.1. The highest BCUT2D eigenvalue weighted by molar-refractivity contribution is 6.09. The minimum absolute atomic E-state index is 0.134. The number of hydrogen-bond acceptors (Lipinski definition) is 4. The van der Waals surface area contributed by atoms with E-state index in [0.717, 1.165) is 61.1 Å². The van der Waals surface area contributed by atoms with Gasteiger partial charge in [0.1, 0.15) is 0 Å². The molecule has 4 heteroatoms. The molecule has 0 spiro atoms. The van der Waals surface area contributed by atoms with Crippen molar-refractivity contribution in [3.05, 3.63) is 205 Å². The average molecular weight is 755 g/mol. The molecule has 0 radical (unpaired) electrons. The Balaban J connectivity index is 1.12. The monoisotopic (exact) mass is 754 g/mol. The molecule has 0 saturated carbocycles. The second kappa shape index (κ2) is 13.8. The number of pyridine rings is 1. The molecule has 0 N–H and O–H groups in total. The quantitative estimate of drug-likeness (QED) is 0.170. The molecule has 11 rings (SSSR count). The lowest BCUT2D eigenvalue weighted by molar-refractivity contribution is 0.661. The summed E-state index contributed by atoms with van der Waals surface area (Å²) >= 11 is 0. The third-order valence-corrected chi connectivity index (χ3v) is 11.9. The summed E-state index contributed by atoms with van der Waals surface area (Å²) in [6.07, 6.45) is 0. The van der Waals surface area contributed by atoms with Crippen LogP contribution in [0.5, 0.6) is 0 Å². The predicted octanol–water partition coefficient (Wildman–Crippen LogP) is 13.9. The van der Waals surface area contributed by atoms with E-state index in [1.165, 1.54) is 33.0 Å². The Morgan fingerprint density at radius 1 is 0.322 bits per heavy atom. The van der Waals surface area contributed by atoms with Crippen LogP contribution in [0.1, 0.15) is 25.0 Å². The van der Waals surface area contributed by atoms with E-state index in [1.54, 1.807) is 0 Å². The van der Waals surface area contributed by atoms with E-state index in [1.807, 2.05) is 60.7 Å². The topological polar surface area (TPSA) is 51.6 Å². The highest BCUT2D eigenvalue weighted by atomic mass is 15.0. The normalized spacial score (nSPS) is 12.7. The lowest BCUT2D eigenvalue weighted by Crippen LogP contribution is -2.14. The van der Waals surface area contributed by atoms with Gasteiger partial charge in [-0.1, -0.05) is 172 Å². The first-order chi connectivity index (χ1) is 29.0. The van der Waals surface area contributed by atoms with E-state index in [-0.39, 0.29) is 5.41 Å². The fourth-order valence-corrected chi connectivity index (χ4v) is 8.88. The summed E-state index contributed by atoms with van der Waals surface area (Å²) in [6, 6.07) is 68.6. The average Bonchev–Trinajstić information content (AvgIpc) is 3.53. The molecule has 8 aromatic carbocycles. The van der Waals surface area contributed by atoms with Gasteiger partial charge in [-0.15, -0.1) is 0 Å². The number of aromatic nitrogens is 4. The van der Waals surface area contributed by atoms with Crippen LogP contribution >= 0.6 is 0 Å². The van der Waals surface area contributed by atoms with Gasteiger partial charge in [0.05, 0.1) is 11.2 Å². The standard InChI is InChI=1S/C55H38N4/c1-55(2)48-28-15-14-27-43(48)46-32-47-45(33-50(35-17-6-3-7-18-35)56-51(47)34-49(46)55)44-31-41(30-39-23-12-13-26-42(39)44)38-24-16-25-40(29-38)54-58-52(36-19-8-4-9-20-36)57-53(59-54)37-21-10-5-11-22-37/h3-34H,1-2H3. The molecule has 0 unspecified atom stereocenters. The Bertz CT molecular complexity index is 3170. The molecule has 0 atom stereocenters.